The summed E-state index contributed by atoms with van der Waals surface area (Å²) in [6.45, 7) is 19.3. The fourth-order valence-corrected chi connectivity index (χ4v) is 9.00. The highest BCUT2D eigenvalue weighted by Crippen LogP contribution is 2.42. The first-order valence-corrected chi connectivity index (χ1v) is 19.1. The van der Waals surface area contributed by atoms with Crippen LogP contribution in [0.25, 0.3) is 42.8 Å². The van der Waals surface area contributed by atoms with E-state index in [4.69, 9.17) is 0 Å². The zero-order valence-corrected chi connectivity index (χ0v) is 31.8. The van der Waals surface area contributed by atoms with Gasteiger partial charge in [0, 0.05) is 48.8 Å². The number of fused-ring (bicyclic) bond motifs is 4. The predicted molar refractivity (Wildman–Crippen MR) is 232 cm³/mol. The van der Waals surface area contributed by atoms with Gasteiger partial charge in [-0.3, -0.25) is 0 Å². The molecular weight excluding hydrogens is 647 g/mol. The fraction of sp³-hybridized carbons (Fsp3) is 0.160. The van der Waals surface area contributed by atoms with Gasteiger partial charge < -0.3 is 4.57 Å². The van der Waals surface area contributed by atoms with Crippen molar-refractivity contribution in [1.29, 1.82) is 0 Å². The largest absolute Gasteiger partial charge is 0.310 e. The van der Waals surface area contributed by atoms with Gasteiger partial charge in [0.2, 0.25) is 0 Å². The van der Waals surface area contributed by atoms with E-state index in [0.29, 0.717) is 0 Å². The van der Waals surface area contributed by atoms with Crippen LogP contribution >= 0.6 is 11.3 Å². The van der Waals surface area contributed by atoms with E-state index in [2.05, 4.69) is 180 Å². The highest BCUT2D eigenvalue weighted by molar-refractivity contribution is 7.25. The average molecular weight is 694 g/mol. The Morgan fingerprint density at radius 1 is 0.885 bits per heavy atom. The van der Waals surface area contributed by atoms with Crippen molar-refractivity contribution in [3.05, 3.63) is 203 Å². The molecule has 2 heteroatoms. The number of hydrogen-bond acceptors (Lipinski definition) is 1. The molecule has 3 aliphatic rings. The van der Waals surface area contributed by atoms with Crippen molar-refractivity contribution >= 4 is 54.2 Å². The van der Waals surface area contributed by atoms with E-state index < -0.39 is 0 Å². The van der Waals surface area contributed by atoms with Crippen molar-refractivity contribution in [3.8, 4) is 0 Å². The number of aryl methyl sites for hydroxylation is 1. The van der Waals surface area contributed by atoms with E-state index >= 15 is 0 Å². The van der Waals surface area contributed by atoms with Gasteiger partial charge >= 0.3 is 0 Å². The first-order valence-electron chi connectivity index (χ1n) is 18.3. The van der Waals surface area contributed by atoms with Crippen molar-refractivity contribution in [2.24, 2.45) is 11.8 Å². The lowest BCUT2D eigenvalue weighted by molar-refractivity contribution is 0.839. The van der Waals surface area contributed by atoms with E-state index in [1.807, 2.05) is 29.6 Å². The summed E-state index contributed by atoms with van der Waals surface area (Å²) in [5.41, 5.74) is 13.9. The second kappa shape index (κ2) is 15.0. The third-order valence-corrected chi connectivity index (χ3v) is 11.7. The van der Waals surface area contributed by atoms with Crippen LogP contribution in [0, 0.1) is 18.8 Å². The second-order valence-electron chi connectivity index (χ2n) is 14.0. The molecule has 0 amide bonds. The van der Waals surface area contributed by atoms with E-state index in [0.717, 1.165) is 6.42 Å². The summed E-state index contributed by atoms with van der Waals surface area (Å²) in [5.74, 6) is 0.429. The molecule has 0 bridgehead atoms. The molecule has 1 nitrogen and oxygen atoms in total. The van der Waals surface area contributed by atoms with Crippen molar-refractivity contribution in [1.82, 2.24) is 4.57 Å². The van der Waals surface area contributed by atoms with Crippen LogP contribution < -0.4 is 0 Å². The third-order valence-electron chi connectivity index (χ3n) is 10.6. The van der Waals surface area contributed by atoms with Crippen LogP contribution in [0.5, 0.6) is 0 Å². The van der Waals surface area contributed by atoms with E-state index in [1.165, 1.54) is 87.0 Å². The standard InChI is InChI=1S/C50H47NS/c1-8-11-24-47-36(7)45-32-50-46(44-23-16-17-25-49(44)52-50)31-48(45)51(47)40-27-26-38(34(5)29-40)30-37(10-3)43(18-9-2)42-22-15-14-21-41(35(42)6)39-20-13-12-19-33(4)28-39/h8-27,29-32,34,41H,1-2,28H2,3-7H3/b24-11-,37-10+,38-30-,43-18-. The third kappa shape index (κ3) is 6.56. The van der Waals surface area contributed by atoms with Gasteiger partial charge in [-0.25, -0.2) is 0 Å². The zero-order valence-electron chi connectivity index (χ0n) is 31.0. The van der Waals surface area contributed by atoms with Crippen LogP contribution in [0.1, 0.15) is 45.4 Å². The summed E-state index contributed by atoms with van der Waals surface area (Å²) in [6, 6.07) is 13.5. The average Bonchev–Trinajstić information content (AvgIpc) is 3.43. The molecule has 0 fully saturated rings. The molecule has 52 heavy (non-hydrogen) atoms. The van der Waals surface area contributed by atoms with Crippen LogP contribution in [0.4, 0.5) is 0 Å². The van der Waals surface area contributed by atoms with Crippen LogP contribution in [-0.4, -0.2) is 4.57 Å². The summed E-state index contributed by atoms with van der Waals surface area (Å²) in [5, 5.41) is 3.92. The van der Waals surface area contributed by atoms with Gasteiger partial charge in [0.05, 0.1) is 5.52 Å². The molecule has 0 saturated carbocycles. The molecule has 2 unspecified atom stereocenters. The molecule has 2 aromatic heterocycles. The quantitative estimate of drug-likeness (QED) is 0.162. The first kappa shape index (κ1) is 35.0. The normalized spacial score (nSPS) is 20.6. The molecule has 2 heterocycles. The Labute approximate surface area is 313 Å². The molecule has 0 aliphatic heterocycles. The lowest BCUT2D eigenvalue weighted by Gasteiger charge is -2.23. The minimum absolute atomic E-state index is 0.200. The van der Waals surface area contributed by atoms with Crippen LogP contribution in [-0.2, 0) is 0 Å². The second-order valence-corrected chi connectivity index (χ2v) is 15.0. The molecule has 0 N–H and O–H groups in total. The highest BCUT2D eigenvalue weighted by Gasteiger charge is 2.23. The summed E-state index contributed by atoms with van der Waals surface area (Å²) in [6.07, 6.45) is 40.6. The molecule has 2 aromatic carbocycles. The summed E-state index contributed by atoms with van der Waals surface area (Å²) < 4.78 is 5.09. The van der Waals surface area contributed by atoms with Gasteiger partial charge in [-0.2, -0.15) is 0 Å². The van der Waals surface area contributed by atoms with Gasteiger partial charge in [-0.1, -0.05) is 152 Å². The maximum Gasteiger partial charge on any atom is 0.0544 e. The van der Waals surface area contributed by atoms with E-state index in [-0.39, 0.29) is 11.8 Å². The van der Waals surface area contributed by atoms with E-state index in [1.54, 1.807) is 0 Å². The van der Waals surface area contributed by atoms with Gasteiger partial charge in [0.1, 0.15) is 0 Å². The van der Waals surface area contributed by atoms with Gasteiger partial charge in [-0.15, -0.1) is 11.3 Å². The number of allylic oxidation sites excluding steroid dienone is 25. The van der Waals surface area contributed by atoms with Crippen molar-refractivity contribution in [3.63, 3.8) is 0 Å². The Hall–Kier alpha value is -5.44. The van der Waals surface area contributed by atoms with Crippen molar-refractivity contribution < 1.29 is 0 Å². The lowest BCUT2D eigenvalue weighted by Crippen LogP contribution is -2.08. The van der Waals surface area contributed by atoms with Gasteiger partial charge in [-0.05, 0) is 92.3 Å². The molecule has 0 saturated heterocycles. The van der Waals surface area contributed by atoms with Crippen LogP contribution in [0.15, 0.2) is 192 Å². The molecule has 2 atom stereocenters. The number of aromatic nitrogens is 1. The molecule has 4 aromatic rings. The molecule has 258 valence electrons. The first-order chi connectivity index (χ1) is 25.3. The Balaban J connectivity index is 1.28. The fourth-order valence-electron chi connectivity index (χ4n) is 7.87. The van der Waals surface area contributed by atoms with Crippen molar-refractivity contribution in [2.75, 3.05) is 0 Å². The Kier molecular flexibility index (Phi) is 10.1. The van der Waals surface area contributed by atoms with Gasteiger partial charge in [0.25, 0.3) is 0 Å². The van der Waals surface area contributed by atoms with Crippen LogP contribution in [0.3, 0.4) is 0 Å². The predicted octanol–water partition coefficient (Wildman–Crippen LogP) is 14.4. The SMILES string of the molecule is C=C/C=C\c1c(C)c2cc3sc4ccccc4c3cc2n1C1=CC(C)\C(=C/C(=C\C)C(=C/C=C)/C2=C(C)C(C3=CC=CC=C(C)C3)C=CC=C2)C=C1. The number of rotatable bonds is 8. The number of hydrogen-bond donors (Lipinski definition) is 0. The maximum absolute atomic E-state index is 4.13. The van der Waals surface area contributed by atoms with Crippen LogP contribution in [0.2, 0.25) is 0 Å². The Bertz CT molecular complexity index is 2510. The summed E-state index contributed by atoms with van der Waals surface area (Å²) in [7, 11) is 0. The number of thiophene rings is 1. The van der Waals surface area contributed by atoms with E-state index in [9.17, 15) is 0 Å². The monoisotopic (exact) mass is 693 g/mol. The topological polar surface area (TPSA) is 4.93 Å². The minimum atomic E-state index is 0.200. The Morgan fingerprint density at radius 2 is 1.71 bits per heavy atom. The molecule has 3 aliphatic carbocycles. The number of benzene rings is 2. The molecule has 0 spiro atoms. The smallest absolute Gasteiger partial charge is 0.0544 e. The Morgan fingerprint density at radius 3 is 2.50 bits per heavy atom. The molecule has 0 radical (unpaired) electrons. The summed E-state index contributed by atoms with van der Waals surface area (Å²) in [4.78, 5) is 0. The zero-order chi connectivity index (χ0) is 36.4. The minimum Gasteiger partial charge on any atom is -0.310 e. The van der Waals surface area contributed by atoms with Gasteiger partial charge in [0.15, 0.2) is 0 Å². The summed E-state index contributed by atoms with van der Waals surface area (Å²) >= 11 is 1.87. The maximum atomic E-state index is 4.13. The van der Waals surface area contributed by atoms with Crippen molar-refractivity contribution in [2.45, 2.75) is 41.0 Å². The lowest BCUT2D eigenvalue weighted by atomic mass is 9.82. The number of nitrogens with zero attached hydrogens (tertiary/aromatic N) is 1. The molecular formula is C50H47NS. The molecule has 7 rings (SSSR count). The highest BCUT2D eigenvalue weighted by atomic mass is 32.1.